The highest BCUT2D eigenvalue weighted by molar-refractivity contribution is 6.33. The summed E-state index contributed by atoms with van der Waals surface area (Å²) in [5, 5.41) is 13.5. The van der Waals surface area contributed by atoms with Crippen LogP contribution in [0.15, 0.2) is 18.2 Å². The van der Waals surface area contributed by atoms with Gasteiger partial charge in [0.25, 0.3) is 11.9 Å². The maximum atomic E-state index is 15.1. The van der Waals surface area contributed by atoms with Crippen molar-refractivity contribution < 1.29 is 28.5 Å². The van der Waals surface area contributed by atoms with E-state index in [1.54, 1.807) is 26.2 Å². The van der Waals surface area contributed by atoms with E-state index in [1.807, 2.05) is 0 Å². The number of hydrogen-bond acceptors (Lipinski definition) is 8. The zero-order chi connectivity index (χ0) is 25.1. The number of ether oxygens (including phenoxy) is 3. The van der Waals surface area contributed by atoms with Gasteiger partial charge in [0.1, 0.15) is 29.9 Å². The molecule has 4 heterocycles. The lowest BCUT2D eigenvalue weighted by Gasteiger charge is -2.17. The molecule has 6 rings (SSSR count). The molecular weight excluding hydrogens is 493 g/mol. The van der Waals surface area contributed by atoms with Gasteiger partial charge in [-0.15, -0.1) is 0 Å². The van der Waals surface area contributed by atoms with Crippen LogP contribution in [0.1, 0.15) is 33.9 Å². The van der Waals surface area contributed by atoms with Crippen molar-refractivity contribution in [2.24, 2.45) is 0 Å². The molecule has 2 aromatic heterocycles. The number of aromatic nitrogens is 3. The Morgan fingerprint density at radius 1 is 1.25 bits per heavy atom. The van der Waals surface area contributed by atoms with Gasteiger partial charge in [-0.3, -0.25) is 4.79 Å². The molecule has 1 aromatic carbocycles. The molecule has 2 saturated heterocycles. The molecule has 0 spiro atoms. The first-order valence-electron chi connectivity index (χ1n) is 11.7. The molecule has 36 heavy (non-hydrogen) atoms. The molecule has 0 saturated carbocycles. The first kappa shape index (κ1) is 23.4. The second-order valence-electron chi connectivity index (χ2n) is 9.52. The monoisotopic (exact) mass is 517 g/mol. The number of rotatable bonds is 5. The molecule has 2 aliphatic heterocycles. The third-order valence-electron chi connectivity index (χ3n) is 6.88. The molecule has 190 valence electrons. The summed E-state index contributed by atoms with van der Waals surface area (Å²) in [5.41, 5.74) is 2.60. The molecule has 0 bridgehead atoms. The summed E-state index contributed by atoms with van der Waals surface area (Å²) < 4.78 is 32.2. The SMILES string of the molecule is CN(C)C(=O)c1cc(F)c2c(c1)CC[C@@H]2Nc1nc2nc(O[C@@H]3CO[C@H]4[C@@H]3OC[C@H]4O)[nH]c2cc1Cl. The van der Waals surface area contributed by atoms with Gasteiger partial charge in [-0.1, -0.05) is 11.6 Å². The van der Waals surface area contributed by atoms with Crippen LogP contribution in [-0.4, -0.2) is 82.6 Å². The first-order valence-corrected chi connectivity index (χ1v) is 12.1. The lowest BCUT2D eigenvalue weighted by Crippen LogP contribution is -2.34. The minimum absolute atomic E-state index is 0.208. The van der Waals surface area contributed by atoms with Crippen LogP contribution in [0, 0.1) is 5.82 Å². The Morgan fingerprint density at radius 3 is 2.86 bits per heavy atom. The number of amides is 1. The quantitative estimate of drug-likeness (QED) is 0.472. The predicted molar refractivity (Wildman–Crippen MR) is 128 cm³/mol. The molecule has 2 fully saturated rings. The van der Waals surface area contributed by atoms with Gasteiger partial charge in [0.05, 0.1) is 29.8 Å². The zero-order valence-corrected chi connectivity index (χ0v) is 20.4. The number of nitrogens with one attached hydrogen (secondary N) is 2. The van der Waals surface area contributed by atoms with Crippen molar-refractivity contribution in [2.75, 3.05) is 32.6 Å². The average Bonchev–Trinajstić information content (AvgIpc) is 3.60. The molecule has 1 aliphatic carbocycles. The fourth-order valence-electron chi connectivity index (χ4n) is 5.15. The molecule has 0 radical (unpaired) electrons. The van der Waals surface area contributed by atoms with E-state index in [2.05, 4.69) is 20.3 Å². The molecule has 10 nitrogen and oxygen atoms in total. The topological polar surface area (TPSA) is 122 Å². The number of H-pyrrole nitrogens is 1. The Hall–Kier alpha value is -2.99. The minimum Gasteiger partial charge on any atom is -0.456 e. The van der Waals surface area contributed by atoms with E-state index in [4.69, 9.17) is 25.8 Å². The van der Waals surface area contributed by atoms with Crippen molar-refractivity contribution >= 4 is 34.5 Å². The number of anilines is 1. The highest BCUT2D eigenvalue weighted by Crippen LogP contribution is 2.38. The normalized spacial score (nSPS) is 26.8. The Labute approximate surface area is 210 Å². The number of halogens is 2. The fourth-order valence-corrected chi connectivity index (χ4v) is 5.35. The standard InChI is InChI=1S/C24H25ClFN5O5/c1-31(2)23(33)11-5-10-3-4-14(18(10)13(26)6-11)27-21-12(25)7-15-22(29-21)30-24(28-15)36-17-9-35-19-16(32)8-34-20(17)19/h5-7,14,16-17,19-20,32H,3-4,8-9H2,1-2H3,(H2,27,28,29,30)/t14-,16+,17+,19+,20+/m0/s1. The molecule has 12 heteroatoms. The fraction of sp³-hybridized carbons (Fsp3) is 0.458. The summed E-state index contributed by atoms with van der Waals surface area (Å²) in [6.45, 7) is 0.485. The van der Waals surface area contributed by atoms with Crippen LogP contribution >= 0.6 is 11.6 Å². The Kier molecular flexibility index (Phi) is 5.75. The smallest absolute Gasteiger partial charge is 0.296 e. The number of imidazole rings is 1. The lowest BCUT2D eigenvalue weighted by molar-refractivity contribution is 0.00706. The van der Waals surface area contributed by atoms with E-state index in [-0.39, 0.29) is 37.3 Å². The van der Waals surface area contributed by atoms with Gasteiger partial charge in [0, 0.05) is 25.2 Å². The van der Waals surface area contributed by atoms with E-state index < -0.39 is 24.1 Å². The number of carbonyl (C=O) groups is 1. The van der Waals surface area contributed by atoms with E-state index in [0.717, 1.165) is 5.56 Å². The molecule has 5 atom stereocenters. The number of aryl methyl sites for hydroxylation is 1. The van der Waals surface area contributed by atoms with E-state index in [0.29, 0.717) is 46.0 Å². The van der Waals surface area contributed by atoms with Gasteiger partial charge < -0.3 is 34.5 Å². The molecule has 0 unspecified atom stereocenters. The van der Waals surface area contributed by atoms with Crippen LogP contribution in [0.3, 0.4) is 0 Å². The molecule has 1 amide bonds. The summed E-state index contributed by atoms with van der Waals surface area (Å²) in [7, 11) is 3.27. The first-order chi connectivity index (χ1) is 17.3. The minimum atomic E-state index is -0.668. The van der Waals surface area contributed by atoms with Crippen molar-refractivity contribution in [2.45, 2.75) is 43.3 Å². The van der Waals surface area contributed by atoms with E-state index >= 15 is 4.39 Å². The number of nitrogens with zero attached hydrogens (tertiary/aromatic N) is 3. The zero-order valence-electron chi connectivity index (χ0n) is 19.6. The van der Waals surface area contributed by atoms with Gasteiger partial charge in [-0.05, 0) is 36.6 Å². The van der Waals surface area contributed by atoms with E-state index in [1.165, 1.54) is 11.0 Å². The number of fused-ring (bicyclic) bond motifs is 3. The number of aliphatic hydroxyl groups excluding tert-OH is 1. The van der Waals surface area contributed by atoms with Crippen molar-refractivity contribution in [3.05, 3.63) is 45.7 Å². The second-order valence-corrected chi connectivity index (χ2v) is 9.92. The maximum Gasteiger partial charge on any atom is 0.296 e. The summed E-state index contributed by atoms with van der Waals surface area (Å²) in [5.74, 6) is -0.300. The van der Waals surface area contributed by atoms with Crippen LogP contribution in [-0.2, 0) is 15.9 Å². The van der Waals surface area contributed by atoms with Crippen LogP contribution in [0.4, 0.5) is 10.2 Å². The largest absolute Gasteiger partial charge is 0.456 e. The average molecular weight is 518 g/mol. The second kappa shape index (κ2) is 8.84. The van der Waals surface area contributed by atoms with Gasteiger partial charge in [-0.2, -0.15) is 4.98 Å². The summed E-state index contributed by atoms with van der Waals surface area (Å²) in [4.78, 5) is 25.7. The highest BCUT2D eigenvalue weighted by Gasteiger charge is 2.48. The van der Waals surface area contributed by atoms with Gasteiger partial charge in [-0.25, -0.2) is 9.37 Å². The molecular formula is C24H25ClFN5O5. The van der Waals surface area contributed by atoms with Crippen LogP contribution in [0.5, 0.6) is 6.01 Å². The van der Waals surface area contributed by atoms with Crippen molar-refractivity contribution in [1.29, 1.82) is 0 Å². The molecule has 3 N–H and O–H groups in total. The number of benzene rings is 1. The number of hydrogen-bond donors (Lipinski definition) is 3. The number of pyridine rings is 1. The Bertz CT molecular complexity index is 1350. The third kappa shape index (κ3) is 3.96. The number of aliphatic hydroxyl groups is 1. The predicted octanol–water partition coefficient (Wildman–Crippen LogP) is 2.46. The van der Waals surface area contributed by atoms with Gasteiger partial charge in [0.2, 0.25) is 0 Å². The summed E-state index contributed by atoms with van der Waals surface area (Å²) >= 11 is 6.49. The highest BCUT2D eigenvalue weighted by atomic mass is 35.5. The summed E-state index contributed by atoms with van der Waals surface area (Å²) in [6.07, 6.45) is -0.599. The summed E-state index contributed by atoms with van der Waals surface area (Å²) in [6, 6.07) is 4.60. The lowest BCUT2D eigenvalue weighted by atomic mass is 10.0. The van der Waals surface area contributed by atoms with Crippen LogP contribution < -0.4 is 10.1 Å². The van der Waals surface area contributed by atoms with Gasteiger partial charge >= 0.3 is 0 Å². The van der Waals surface area contributed by atoms with Crippen molar-refractivity contribution in [3.63, 3.8) is 0 Å². The van der Waals surface area contributed by atoms with Crippen LogP contribution in [0.25, 0.3) is 11.2 Å². The Balaban J connectivity index is 1.22. The van der Waals surface area contributed by atoms with E-state index in [9.17, 15) is 9.90 Å². The Morgan fingerprint density at radius 2 is 2.06 bits per heavy atom. The maximum absolute atomic E-state index is 15.1. The third-order valence-corrected chi connectivity index (χ3v) is 7.17. The van der Waals surface area contributed by atoms with Gasteiger partial charge in [0.15, 0.2) is 11.8 Å². The van der Waals surface area contributed by atoms with Crippen molar-refractivity contribution in [3.8, 4) is 6.01 Å². The van der Waals surface area contributed by atoms with Crippen LogP contribution in [0.2, 0.25) is 5.02 Å². The molecule has 3 aliphatic rings. The van der Waals surface area contributed by atoms with Crippen molar-refractivity contribution in [1.82, 2.24) is 19.9 Å². The number of carbonyl (C=O) groups excluding carboxylic acids is 1. The molecule has 3 aromatic rings. The number of aromatic amines is 1.